The molecule has 0 spiro atoms. The molecule has 1 aliphatic carbocycles. The van der Waals surface area contributed by atoms with Crippen molar-refractivity contribution >= 4 is 0 Å². The van der Waals surface area contributed by atoms with Gasteiger partial charge in [-0.15, -0.1) is 0 Å². The third-order valence-electron chi connectivity index (χ3n) is 2.93. The molecule has 18 heavy (non-hydrogen) atoms. The second-order valence-electron chi connectivity index (χ2n) is 6.21. The van der Waals surface area contributed by atoms with Crippen LogP contribution in [0.2, 0.25) is 0 Å². The minimum atomic E-state index is 0.205. The molecule has 0 aliphatic heterocycles. The molecule has 102 valence electrons. The van der Waals surface area contributed by atoms with Gasteiger partial charge in [0, 0.05) is 0 Å². The van der Waals surface area contributed by atoms with E-state index in [1.54, 1.807) is 4.17 Å². The van der Waals surface area contributed by atoms with Gasteiger partial charge in [0.05, 0.1) is 0 Å². The summed E-state index contributed by atoms with van der Waals surface area (Å²) in [7, 11) is 0. The minimum absolute atomic E-state index is 0.205. The molecule has 0 unspecified atom stereocenters. The average Bonchev–Trinajstić information content (AvgIpc) is 2.12. The fraction of sp³-hybridized carbons (Fsp3) is 0.529. The topological polar surface area (TPSA) is 0 Å². The summed E-state index contributed by atoms with van der Waals surface area (Å²) in [5, 5.41) is 0. The van der Waals surface area contributed by atoms with E-state index in [0.717, 1.165) is 0 Å². The number of rotatable bonds is 3. The molecule has 0 fully saturated rings. The molecule has 1 aliphatic rings. The van der Waals surface area contributed by atoms with Crippen molar-refractivity contribution in [2.24, 2.45) is 5.41 Å². The zero-order chi connectivity index (χ0) is 13.9. The van der Waals surface area contributed by atoms with Crippen LogP contribution in [0.15, 0.2) is 43.3 Å². The Morgan fingerprint density at radius 1 is 1.22 bits per heavy atom. The van der Waals surface area contributed by atoms with Crippen LogP contribution in [-0.2, 0) is 17.1 Å². The molecule has 0 amide bonds. The monoisotopic (exact) mass is 332 g/mol. The maximum atomic E-state index is 2.45. The summed E-state index contributed by atoms with van der Waals surface area (Å²) < 4.78 is 4.14. The Bertz CT molecular complexity index is 438. The molecular formula is C17H26Ru. The van der Waals surface area contributed by atoms with Crippen molar-refractivity contribution in [3.8, 4) is 0 Å². The van der Waals surface area contributed by atoms with E-state index in [2.05, 4.69) is 65.3 Å². The van der Waals surface area contributed by atoms with Crippen molar-refractivity contribution in [1.29, 1.82) is 0 Å². The molecule has 0 nitrogen and oxygen atoms in total. The van der Waals surface area contributed by atoms with Crippen LogP contribution in [0.3, 0.4) is 0 Å². The van der Waals surface area contributed by atoms with Gasteiger partial charge in [-0.1, -0.05) is 0 Å². The Morgan fingerprint density at radius 3 is 2.33 bits per heavy atom. The van der Waals surface area contributed by atoms with Crippen LogP contribution in [0.5, 0.6) is 0 Å². The Hall–Kier alpha value is -0.417. The van der Waals surface area contributed by atoms with Crippen LogP contribution < -0.4 is 0 Å². The molecule has 0 aromatic rings. The summed E-state index contributed by atoms with van der Waals surface area (Å²) in [5.74, 6) is 0. The molecule has 0 saturated heterocycles. The van der Waals surface area contributed by atoms with E-state index in [-0.39, 0.29) is 17.1 Å². The van der Waals surface area contributed by atoms with Crippen molar-refractivity contribution < 1.29 is 17.1 Å². The van der Waals surface area contributed by atoms with Gasteiger partial charge in [0.2, 0.25) is 0 Å². The second-order valence-corrected chi connectivity index (χ2v) is 8.08. The molecule has 0 atom stereocenters. The van der Waals surface area contributed by atoms with Crippen molar-refractivity contribution in [1.82, 2.24) is 0 Å². The molecule has 0 aromatic heterocycles. The summed E-state index contributed by atoms with van der Waals surface area (Å²) >= 11 is 0.205. The quantitative estimate of drug-likeness (QED) is 0.467. The van der Waals surface area contributed by atoms with E-state index in [1.165, 1.54) is 28.7 Å². The predicted molar refractivity (Wildman–Crippen MR) is 78.0 cm³/mol. The van der Waals surface area contributed by atoms with Gasteiger partial charge in [0.1, 0.15) is 0 Å². The molecule has 1 rings (SSSR count). The first kappa shape index (κ1) is 15.6. The number of hydrogen-bond acceptors (Lipinski definition) is 0. The molecular weight excluding hydrogens is 305 g/mol. The third kappa shape index (κ3) is 4.36. The summed E-state index contributed by atoms with van der Waals surface area (Å²) in [6.45, 7) is 15.8. The second kappa shape index (κ2) is 6.15. The first-order chi connectivity index (χ1) is 8.22. The molecule has 0 N–H and O–H groups in total. The van der Waals surface area contributed by atoms with Crippen molar-refractivity contribution in [2.45, 2.75) is 54.9 Å². The summed E-state index contributed by atoms with van der Waals surface area (Å²) in [6, 6.07) is 0. The zero-order valence-corrected chi connectivity index (χ0v) is 14.5. The standard InChI is InChI=1S/C10H15.C7H11.Ru/c1-8-5-9(2)7-10(3,4)6-8;1-6(2)5-7(3)4;/h5H,6H2,1-4H3;1,5H,2-4H3;. The van der Waals surface area contributed by atoms with Crippen molar-refractivity contribution in [3.05, 3.63) is 43.3 Å². The van der Waals surface area contributed by atoms with Gasteiger partial charge in [-0.3, -0.25) is 0 Å². The molecule has 1 heteroatoms. The first-order valence-corrected chi connectivity index (χ1v) is 8.40. The van der Waals surface area contributed by atoms with Gasteiger partial charge < -0.3 is 0 Å². The molecule has 0 aromatic carbocycles. The van der Waals surface area contributed by atoms with Gasteiger partial charge in [-0.25, -0.2) is 0 Å². The van der Waals surface area contributed by atoms with E-state index in [9.17, 15) is 0 Å². The van der Waals surface area contributed by atoms with Crippen molar-refractivity contribution in [3.63, 3.8) is 0 Å². The van der Waals surface area contributed by atoms with E-state index in [4.69, 9.17) is 0 Å². The Balaban J connectivity index is 2.95. The third-order valence-corrected chi connectivity index (χ3v) is 6.33. The SMILES string of the molecule is CC(C)=CC(C)=[CH][Ru][C]1=C(C)C=C(C)CC1(C)C. The van der Waals surface area contributed by atoms with E-state index < -0.39 is 0 Å². The summed E-state index contributed by atoms with van der Waals surface area (Å²) in [4.78, 5) is 0. The van der Waals surface area contributed by atoms with E-state index in [0.29, 0.717) is 5.41 Å². The van der Waals surface area contributed by atoms with E-state index in [1.807, 2.05) is 0 Å². The number of hydrogen-bond donors (Lipinski definition) is 0. The van der Waals surface area contributed by atoms with Crippen LogP contribution in [0.25, 0.3) is 0 Å². The van der Waals surface area contributed by atoms with Crippen LogP contribution in [0.1, 0.15) is 54.9 Å². The first-order valence-electron chi connectivity index (χ1n) is 6.53. The fourth-order valence-electron chi connectivity index (χ4n) is 2.62. The Kier molecular flexibility index (Phi) is 5.35. The van der Waals surface area contributed by atoms with Gasteiger partial charge in [0.15, 0.2) is 0 Å². The molecule has 0 heterocycles. The summed E-state index contributed by atoms with van der Waals surface area (Å²) in [6.07, 6.45) is 5.87. The van der Waals surface area contributed by atoms with Gasteiger partial charge in [-0.2, -0.15) is 0 Å². The van der Waals surface area contributed by atoms with Crippen LogP contribution in [0, 0.1) is 5.41 Å². The fourth-order valence-corrected chi connectivity index (χ4v) is 4.77. The molecule has 0 radical (unpaired) electrons. The predicted octanol–water partition coefficient (Wildman–Crippen LogP) is 5.59. The van der Waals surface area contributed by atoms with Gasteiger partial charge in [0.25, 0.3) is 0 Å². The zero-order valence-electron chi connectivity index (χ0n) is 12.8. The molecule has 0 bridgehead atoms. The van der Waals surface area contributed by atoms with Crippen LogP contribution in [-0.4, -0.2) is 0 Å². The number of allylic oxidation sites excluding steroid dienone is 7. The van der Waals surface area contributed by atoms with Crippen LogP contribution in [0.4, 0.5) is 0 Å². The van der Waals surface area contributed by atoms with Crippen molar-refractivity contribution in [2.75, 3.05) is 0 Å². The Labute approximate surface area is 121 Å². The normalized spacial score (nSPS) is 19.9. The molecule has 0 saturated carbocycles. The Morgan fingerprint density at radius 2 is 1.83 bits per heavy atom. The summed E-state index contributed by atoms with van der Waals surface area (Å²) in [5.41, 5.74) is 6.17. The van der Waals surface area contributed by atoms with Gasteiger partial charge >= 0.3 is 121 Å². The average molecular weight is 331 g/mol. The van der Waals surface area contributed by atoms with E-state index >= 15 is 0 Å². The van der Waals surface area contributed by atoms with Gasteiger partial charge in [-0.05, 0) is 0 Å². The van der Waals surface area contributed by atoms with Crippen LogP contribution >= 0.6 is 0 Å². The maximum absolute atomic E-state index is 2.45.